The molecular formula is C19H21N5OS. The van der Waals surface area contributed by atoms with Crippen molar-refractivity contribution in [2.45, 2.75) is 13.5 Å². The van der Waals surface area contributed by atoms with E-state index in [4.69, 9.17) is 0 Å². The maximum atomic E-state index is 12.1. The fourth-order valence-electron chi connectivity index (χ4n) is 3.10. The lowest BCUT2D eigenvalue weighted by Gasteiger charge is -2.27. The van der Waals surface area contributed by atoms with E-state index in [1.54, 1.807) is 11.3 Å². The van der Waals surface area contributed by atoms with Gasteiger partial charge in [-0.1, -0.05) is 24.3 Å². The van der Waals surface area contributed by atoms with Gasteiger partial charge in [-0.3, -0.25) is 9.69 Å². The van der Waals surface area contributed by atoms with Gasteiger partial charge in [0.05, 0.1) is 10.7 Å². The Bertz CT molecular complexity index is 941. The van der Waals surface area contributed by atoms with Crippen LogP contribution in [0, 0.1) is 6.92 Å². The highest BCUT2D eigenvalue weighted by Crippen LogP contribution is 2.21. The summed E-state index contributed by atoms with van der Waals surface area (Å²) >= 11 is 1.55. The minimum atomic E-state index is -0.166. The highest BCUT2D eigenvalue weighted by molar-refractivity contribution is 7.09. The summed E-state index contributed by atoms with van der Waals surface area (Å²) in [5.41, 5.74) is 3.36. The number of H-pyrrole nitrogens is 1. The topological polar surface area (TPSA) is 73.9 Å². The summed E-state index contributed by atoms with van der Waals surface area (Å²) in [6.45, 7) is 7.14. The Hall–Kier alpha value is -2.35. The van der Waals surface area contributed by atoms with Crippen LogP contribution in [0.15, 0.2) is 40.5 Å². The highest BCUT2D eigenvalue weighted by atomic mass is 32.1. The number of nitrogens with zero attached hydrogens (tertiary/aromatic N) is 3. The van der Waals surface area contributed by atoms with Gasteiger partial charge in [0.2, 0.25) is 0 Å². The van der Waals surface area contributed by atoms with Crippen LogP contribution in [0.5, 0.6) is 0 Å². The van der Waals surface area contributed by atoms with E-state index in [2.05, 4.69) is 37.3 Å². The summed E-state index contributed by atoms with van der Waals surface area (Å²) in [6, 6.07) is 9.75. The molecule has 2 aromatic heterocycles. The molecule has 1 aliphatic heterocycles. The average molecular weight is 367 g/mol. The van der Waals surface area contributed by atoms with Gasteiger partial charge >= 0.3 is 0 Å². The van der Waals surface area contributed by atoms with Gasteiger partial charge in [-0.15, -0.1) is 11.3 Å². The zero-order valence-corrected chi connectivity index (χ0v) is 15.5. The van der Waals surface area contributed by atoms with Crippen LogP contribution in [0.3, 0.4) is 0 Å². The van der Waals surface area contributed by atoms with Gasteiger partial charge in [0.25, 0.3) is 5.56 Å². The zero-order valence-electron chi connectivity index (χ0n) is 14.7. The Labute approximate surface area is 155 Å². The van der Waals surface area contributed by atoms with Crippen LogP contribution in [-0.4, -0.2) is 46.0 Å². The third kappa shape index (κ3) is 3.90. The molecule has 3 heterocycles. The molecular weight excluding hydrogens is 346 g/mol. The Morgan fingerprint density at radius 2 is 1.88 bits per heavy atom. The van der Waals surface area contributed by atoms with Gasteiger partial charge in [-0.2, -0.15) is 0 Å². The SMILES string of the molecule is Cc1nc(-c2cc(=O)[nH]c(-c3ccc(CN4CCNCC4)cc3)n2)cs1. The average Bonchev–Trinajstić information content (AvgIpc) is 3.09. The molecule has 2 N–H and O–H groups in total. The molecule has 1 saturated heterocycles. The first-order valence-corrected chi connectivity index (χ1v) is 9.61. The first-order valence-electron chi connectivity index (χ1n) is 8.74. The number of aromatic amines is 1. The van der Waals surface area contributed by atoms with Gasteiger partial charge in [-0.25, -0.2) is 9.97 Å². The first-order chi connectivity index (χ1) is 12.7. The second kappa shape index (κ2) is 7.49. The number of aromatic nitrogens is 3. The maximum Gasteiger partial charge on any atom is 0.251 e. The summed E-state index contributed by atoms with van der Waals surface area (Å²) in [5.74, 6) is 0.576. The smallest absolute Gasteiger partial charge is 0.251 e. The molecule has 1 aliphatic rings. The van der Waals surface area contributed by atoms with Crippen molar-refractivity contribution >= 4 is 11.3 Å². The standard InChI is InChI=1S/C19H21N5OS/c1-13-21-17(12-26-13)16-10-18(25)23-19(22-16)15-4-2-14(3-5-15)11-24-8-6-20-7-9-24/h2-5,10,12,20H,6-9,11H2,1H3,(H,22,23,25). The number of benzene rings is 1. The second-order valence-electron chi connectivity index (χ2n) is 6.45. The molecule has 0 amide bonds. The number of rotatable bonds is 4. The van der Waals surface area contributed by atoms with E-state index in [1.807, 2.05) is 24.4 Å². The zero-order chi connectivity index (χ0) is 17.9. The predicted molar refractivity (Wildman–Crippen MR) is 104 cm³/mol. The van der Waals surface area contributed by atoms with Gasteiger partial charge in [0.15, 0.2) is 0 Å². The first kappa shape index (κ1) is 17.1. The molecule has 0 radical (unpaired) electrons. The summed E-state index contributed by atoms with van der Waals surface area (Å²) in [4.78, 5) is 26.4. The number of thiazole rings is 1. The van der Waals surface area contributed by atoms with E-state index in [-0.39, 0.29) is 5.56 Å². The molecule has 4 rings (SSSR count). The molecule has 134 valence electrons. The Morgan fingerprint density at radius 1 is 1.12 bits per heavy atom. The highest BCUT2D eigenvalue weighted by Gasteiger charge is 2.11. The number of piperazine rings is 1. The summed E-state index contributed by atoms with van der Waals surface area (Å²) in [5, 5.41) is 6.26. The van der Waals surface area contributed by atoms with Crippen molar-refractivity contribution in [1.82, 2.24) is 25.2 Å². The molecule has 7 heteroatoms. The Balaban J connectivity index is 1.57. The van der Waals surface area contributed by atoms with Gasteiger partial charge < -0.3 is 10.3 Å². The summed E-state index contributed by atoms with van der Waals surface area (Å²) in [6.07, 6.45) is 0. The van der Waals surface area contributed by atoms with Crippen LogP contribution in [0.25, 0.3) is 22.8 Å². The number of hydrogen-bond donors (Lipinski definition) is 2. The predicted octanol–water partition coefficient (Wildman–Crippen LogP) is 2.27. The molecule has 6 nitrogen and oxygen atoms in total. The molecule has 0 spiro atoms. The van der Waals surface area contributed by atoms with Crippen molar-refractivity contribution in [3.8, 4) is 22.8 Å². The molecule has 0 atom stereocenters. The van der Waals surface area contributed by atoms with Crippen LogP contribution in [0.2, 0.25) is 0 Å². The van der Waals surface area contributed by atoms with Gasteiger partial charge in [0, 0.05) is 49.7 Å². The van der Waals surface area contributed by atoms with Crippen LogP contribution < -0.4 is 10.9 Å². The third-order valence-corrected chi connectivity index (χ3v) is 5.24. The van der Waals surface area contributed by atoms with Crippen molar-refractivity contribution < 1.29 is 0 Å². The maximum absolute atomic E-state index is 12.1. The Morgan fingerprint density at radius 3 is 2.58 bits per heavy atom. The molecule has 0 aliphatic carbocycles. The quantitative estimate of drug-likeness (QED) is 0.740. The molecule has 1 fully saturated rings. The van der Waals surface area contributed by atoms with Crippen LogP contribution in [0.4, 0.5) is 0 Å². The largest absolute Gasteiger partial charge is 0.314 e. The van der Waals surface area contributed by atoms with Crippen LogP contribution in [0.1, 0.15) is 10.6 Å². The van der Waals surface area contributed by atoms with Crippen LogP contribution in [-0.2, 0) is 6.54 Å². The van der Waals surface area contributed by atoms with Crippen molar-refractivity contribution in [2.24, 2.45) is 0 Å². The van der Waals surface area contributed by atoms with E-state index >= 15 is 0 Å². The molecule has 26 heavy (non-hydrogen) atoms. The van der Waals surface area contributed by atoms with E-state index in [0.717, 1.165) is 49.0 Å². The molecule has 0 unspecified atom stereocenters. The van der Waals surface area contributed by atoms with E-state index < -0.39 is 0 Å². The van der Waals surface area contributed by atoms with Crippen molar-refractivity contribution in [3.63, 3.8) is 0 Å². The normalized spacial score (nSPS) is 15.3. The lowest BCUT2D eigenvalue weighted by Crippen LogP contribution is -2.42. The number of aryl methyl sites for hydroxylation is 1. The fraction of sp³-hybridized carbons (Fsp3) is 0.316. The van der Waals surface area contributed by atoms with Crippen molar-refractivity contribution in [2.75, 3.05) is 26.2 Å². The van der Waals surface area contributed by atoms with Crippen molar-refractivity contribution in [1.29, 1.82) is 0 Å². The minimum absolute atomic E-state index is 0.166. The molecule has 0 saturated carbocycles. The van der Waals surface area contributed by atoms with E-state index in [9.17, 15) is 4.79 Å². The number of nitrogens with one attached hydrogen (secondary N) is 2. The monoisotopic (exact) mass is 367 g/mol. The summed E-state index contributed by atoms with van der Waals surface area (Å²) < 4.78 is 0. The summed E-state index contributed by atoms with van der Waals surface area (Å²) in [7, 11) is 0. The third-order valence-electron chi connectivity index (χ3n) is 4.47. The fourth-order valence-corrected chi connectivity index (χ4v) is 3.71. The molecule has 0 bridgehead atoms. The van der Waals surface area contributed by atoms with Gasteiger partial charge in [0.1, 0.15) is 11.5 Å². The second-order valence-corrected chi connectivity index (χ2v) is 7.52. The van der Waals surface area contributed by atoms with E-state index in [0.29, 0.717) is 11.5 Å². The van der Waals surface area contributed by atoms with Crippen molar-refractivity contribution in [3.05, 3.63) is 56.6 Å². The van der Waals surface area contributed by atoms with Gasteiger partial charge in [-0.05, 0) is 12.5 Å². The minimum Gasteiger partial charge on any atom is -0.314 e. The van der Waals surface area contributed by atoms with Crippen LogP contribution >= 0.6 is 11.3 Å². The molecule has 1 aromatic carbocycles. The number of hydrogen-bond acceptors (Lipinski definition) is 6. The van der Waals surface area contributed by atoms with E-state index in [1.165, 1.54) is 11.6 Å². The Kier molecular flexibility index (Phi) is 4.92. The molecule has 3 aromatic rings. The lowest BCUT2D eigenvalue weighted by atomic mass is 10.1. The lowest BCUT2D eigenvalue weighted by molar-refractivity contribution is 0.233.